The monoisotopic (exact) mass is 297 g/mol. The third-order valence-electron chi connectivity index (χ3n) is 3.87. The number of halogens is 1. The summed E-state index contributed by atoms with van der Waals surface area (Å²) in [5.74, 6) is 1.06. The molecule has 3 aromatic rings. The summed E-state index contributed by atoms with van der Waals surface area (Å²) >= 11 is 6.38. The van der Waals surface area contributed by atoms with E-state index in [1.54, 1.807) is 0 Å². The summed E-state index contributed by atoms with van der Waals surface area (Å²) in [5.41, 5.74) is 3.17. The summed E-state index contributed by atoms with van der Waals surface area (Å²) in [6.45, 7) is 0.714. The highest BCUT2D eigenvalue weighted by Crippen LogP contribution is 2.40. The van der Waals surface area contributed by atoms with E-state index < -0.39 is 0 Å². The Kier molecular flexibility index (Phi) is 3.08. The van der Waals surface area contributed by atoms with Gasteiger partial charge in [-0.1, -0.05) is 35.9 Å². The first-order valence-corrected chi connectivity index (χ1v) is 7.65. The van der Waals surface area contributed by atoms with Gasteiger partial charge in [-0.3, -0.25) is 0 Å². The van der Waals surface area contributed by atoms with Crippen LogP contribution in [0.25, 0.3) is 11.0 Å². The van der Waals surface area contributed by atoms with Gasteiger partial charge in [-0.15, -0.1) is 0 Å². The van der Waals surface area contributed by atoms with E-state index >= 15 is 0 Å². The molecule has 0 saturated heterocycles. The summed E-state index contributed by atoms with van der Waals surface area (Å²) < 4.78 is 2.31. The van der Waals surface area contributed by atoms with Crippen LogP contribution in [0.4, 0.5) is 5.69 Å². The summed E-state index contributed by atoms with van der Waals surface area (Å²) in [5, 5.41) is 4.23. The maximum Gasteiger partial charge on any atom is 0.129 e. The van der Waals surface area contributed by atoms with Crippen LogP contribution >= 0.6 is 11.6 Å². The molecule has 4 rings (SSSR count). The number of rotatable bonds is 4. The van der Waals surface area contributed by atoms with E-state index in [9.17, 15) is 0 Å². The Morgan fingerprint density at radius 1 is 1.10 bits per heavy atom. The van der Waals surface area contributed by atoms with Crippen molar-refractivity contribution in [1.82, 2.24) is 9.55 Å². The fourth-order valence-corrected chi connectivity index (χ4v) is 3.00. The zero-order valence-corrected chi connectivity index (χ0v) is 12.3. The van der Waals surface area contributed by atoms with Crippen molar-refractivity contribution < 1.29 is 0 Å². The number of imidazole rings is 1. The summed E-state index contributed by atoms with van der Waals surface area (Å²) in [4.78, 5) is 4.77. The number of para-hydroxylation sites is 2. The van der Waals surface area contributed by atoms with Gasteiger partial charge in [0.1, 0.15) is 5.82 Å². The molecule has 21 heavy (non-hydrogen) atoms. The van der Waals surface area contributed by atoms with Gasteiger partial charge in [0, 0.05) is 11.7 Å². The molecule has 1 saturated carbocycles. The van der Waals surface area contributed by atoms with Crippen molar-refractivity contribution in [1.29, 1.82) is 0 Å². The number of benzene rings is 2. The lowest BCUT2D eigenvalue weighted by molar-refractivity contribution is 0.711. The lowest BCUT2D eigenvalue weighted by atomic mass is 10.3. The Labute approximate surface area is 128 Å². The van der Waals surface area contributed by atoms with Gasteiger partial charge < -0.3 is 9.88 Å². The molecule has 1 aliphatic rings. The maximum atomic E-state index is 6.38. The topological polar surface area (TPSA) is 29.9 Å². The minimum absolute atomic E-state index is 0.558. The summed E-state index contributed by atoms with van der Waals surface area (Å²) in [6, 6.07) is 16.7. The van der Waals surface area contributed by atoms with Crippen molar-refractivity contribution in [3.8, 4) is 0 Å². The lowest BCUT2D eigenvalue weighted by Gasteiger charge is -2.10. The molecular weight excluding hydrogens is 282 g/mol. The molecule has 1 aliphatic carbocycles. The highest BCUT2D eigenvalue weighted by Gasteiger charge is 2.28. The smallest absolute Gasteiger partial charge is 0.129 e. The van der Waals surface area contributed by atoms with E-state index in [0.29, 0.717) is 12.6 Å². The molecule has 1 heterocycles. The predicted molar refractivity (Wildman–Crippen MR) is 86.8 cm³/mol. The molecule has 0 atom stereocenters. The number of aromatic nitrogens is 2. The van der Waals surface area contributed by atoms with Crippen LogP contribution in [0.15, 0.2) is 48.5 Å². The van der Waals surface area contributed by atoms with Crippen molar-refractivity contribution in [3.05, 3.63) is 59.4 Å². The van der Waals surface area contributed by atoms with Crippen LogP contribution < -0.4 is 5.32 Å². The largest absolute Gasteiger partial charge is 0.378 e. The standard InChI is InChI=1S/C17H16ClN3/c18-14-7-4-8-15-17(14)21(13-9-10-13)16(20-15)11-19-12-5-2-1-3-6-12/h1-8,13,19H,9-11H2. The van der Waals surface area contributed by atoms with Gasteiger partial charge in [-0.05, 0) is 37.1 Å². The maximum absolute atomic E-state index is 6.38. The van der Waals surface area contributed by atoms with Crippen molar-refractivity contribution in [2.45, 2.75) is 25.4 Å². The second-order valence-corrected chi connectivity index (χ2v) is 5.86. The molecule has 0 amide bonds. The summed E-state index contributed by atoms with van der Waals surface area (Å²) in [6.07, 6.45) is 2.43. The SMILES string of the molecule is Clc1cccc2nc(CNc3ccccc3)n(C3CC3)c12. The van der Waals surface area contributed by atoms with Gasteiger partial charge in [0.15, 0.2) is 0 Å². The van der Waals surface area contributed by atoms with E-state index in [1.165, 1.54) is 12.8 Å². The average molecular weight is 298 g/mol. The van der Waals surface area contributed by atoms with Gasteiger partial charge in [0.2, 0.25) is 0 Å². The second kappa shape index (κ2) is 5.08. The Morgan fingerprint density at radius 2 is 1.90 bits per heavy atom. The highest BCUT2D eigenvalue weighted by molar-refractivity contribution is 6.35. The molecule has 1 N–H and O–H groups in total. The molecule has 3 nitrogen and oxygen atoms in total. The second-order valence-electron chi connectivity index (χ2n) is 5.46. The van der Waals surface area contributed by atoms with Gasteiger partial charge in [-0.25, -0.2) is 4.98 Å². The molecule has 2 aromatic carbocycles. The third-order valence-corrected chi connectivity index (χ3v) is 4.18. The van der Waals surface area contributed by atoms with Crippen LogP contribution in [0.2, 0.25) is 5.02 Å². The fraction of sp³-hybridized carbons (Fsp3) is 0.235. The van der Waals surface area contributed by atoms with Crippen molar-refractivity contribution >= 4 is 28.3 Å². The van der Waals surface area contributed by atoms with E-state index in [2.05, 4.69) is 22.0 Å². The Morgan fingerprint density at radius 3 is 2.67 bits per heavy atom. The average Bonchev–Trinajstić information content (AvgIpc) is 3.27. The molecule has 1 aromatic heterocycles. The molecular formula is C17H16ClN3. The van der Waals surface area contributed by atoms with E-state index in [1.807, 2.05) is 36.4 Å². The molecule has 0 spiro atoms. The van der Waals surface area contributed by atoms with Crippen LogP contribution in [0.3, 0.4) is 0 Å². The first-order valence-electron chi connectivity index (χ1n) is 7.27. The van der Waals surface area contributed by atoms with Crippen LogP contribution in [0.1, 0.15) is 24.7 Å². The molecule has 106 valence electrons. The van der Waals surface area contributed by atoms with Gasteiger partial charge in [0.05, 0.1) is 22.6 Å². The lowest BCUT2D eigenvalue weighted by Crippen LogP contribution is -2.07. The third kappa shape index (κ3) is 2.38. The fourth-order valence-electron chi connectivity index (χ4n) is 2.74. The Hall–Kier alpha value is -2.00. The number of hydrogen-bond donors (Lipinski definition) is 1. The van der Waals surface area contributed by atoms with E-state index in [4.69, 9.17) is 16.6 Å². The Bertz CT molecular complexity index is 775. The number of hydrogen-bond acceptors (Lipinski definition) is 2. The number of nitrogens with one attached hydrogen (secondary N) is 1. The highest BCUT2D eigenvalue weighted by atomic mass is 35.5. The zero-order chi connectivity index (χ0) is 14.2. The quantitative estimate of drug-likeness (QED) is 0.760. The number of nitrogens with zero attached hydrogens (tertiary/aromatic N) is 2. The number of fused-ring (bicyclic) bond motifs is 1. The van der Waals surface area contributed by atoms with Gasteiger partial charge >= 0.3 is 0 Å². The predicted octanol–water partition coefficient (Wildman–Crippen LogP) is 4.64. The molecule has 0 radical (unpaired) electrons. The molecule has 1 fully saturated rings. The molecule has 0 aliphatic heterocycles. The molecule has 0 bridgehead atoms. The first-order chi connectivity index (χ1) is 10.3. The first kappa shape index (κ1) is 12.7. The number of anilines is 1. The van der Waals surface area contributed by atoms with Crippen LogP contribution in [-0.2, 0) is 6.54 Å². The van der Waals surface area contributed by atoms with Crippen molar-refractivity contribution in [2.24, 2.45) is 0 Å². The van der Waals surface area contributed by atoms with Crippen LogP contribution in [0.5, 0.6) is 0 Å². The Balaban J connectivity index is 1.71. The van der Waals surface area contributed by atoms with Crippen molar-refractivity contribution in [2.75, 3.05) is 5.32 Å². The molecule has 4 heteroatoms. The van der Waals surface area contributed by atoms with Crippen LogP contribution in [0, 0.1) is 0 Å². The van der Waals surface area contributed by atoms with Crippen molar-refractivity contribution in [3.63, 3.8) is 0 Å². The van der Waals surface area contributed by atoms with Gasteiger partial charge in [0.25, 0.3) is 0 Å². The molecule has 0 unspecified atom stereocenters. The van der Waals surface area contributed by atoms with Gasteiger partial charge in [-0.2, -0.15) is 0 Å². The zero-order valence-electron chi connectivity index (χ0n) is 11.6. The summed E-state index contributed by atoms with van der Waals surface area (Å²) in [7, 11) is 0. The van der Waals surface area contributed by atoms with E-state index in [0.717, 1.165) is 27.6 Å². The normalized spacial score (nSPS) is 14.5. The minimum atomic E-state index is 0.558. The van der Waals surface area contributed by atoms with E-state index in [-0.39, 0.29) is 0 Å². The van der Waals surface area contributed by atoms with Crippen LogP contribution in [-0.4, -0.2) is 9.55 Å². The minimum Gasteiger partial charge on any atom is -0.378 e.